The third-order valence-electron chi connectivity index (χ3n) is 3.09. The summed E-state index contributed by atoms with van der Waals surface area (Å²) in [7, 11) is 0. The topological polar surface area (TPSA) is 38.9 Å². The van der Waals surface area contributed by atoms with E-state index in [2.05, 4.69) is 55.9 Å². The summed E-state index contributed by atoms with van der Waals surface area (Å²) in [4.78, 5) is 4.46. The van der Waals surface area contributed by atoms with Crippen molar-refractivity contribution in [3.8, 4) is 0 Å². The van der Waals surface area contributed by atoms with Crippen LogP contribution in [-0.4, -0.2) is 4.98 Å². The lowest BCUT2D eigenvalue weighted by molar-refractivity contribution is 0.702. The number of rotatable bonds is 4. The number of nitrogens with two attached hydrogens (primary N) is 1. The summed E-state index contributed by atoms with van der Waals surface area (Å²) in [5.74, 6) is 0. The van der Waals surface area contributed by atoms with E-state index in [1.54, 1.807) is 0 Å². The van der Waals surface area contributed by atoms with Crippen LogP contribution in [-0.2, 0) is 12.8 Å². The van der Waals surface area contributed by atoms with E-state index in [4.69, 9.17) is 5.73 Å². The van der Waals surface area contributed by atoms with Crippen molar-refractivity contribution in [1.82, 2.24) is 4.98 Å². The zero-order chi connectivity index (χ0) is 13.8. The molecule has 0 spiro atoms. The van der Waals surface area contributed by atoms with E-state index in [1.165, 1.54) is 5.56 Å². The molecule has 2 nitrogen and oxygen atoms in total. The van der Waals surface area contributed by atoms with Gasteiger partial charge >= 0.3 is 0 Å². The van der Waals surface area contributed by atoms with E-state index >= 15 is 0 Å². The van der Waals surface area contributed by atoms with Crippen LogP contribution in [0.15, 0.2) is 45.5 Å². The average molecular weight is 384 g/mol. The van der Waals surface area contributed by atoms with Crippen LogP contribution >= 0.6 is 31.9 Å². The molecule has 0 radical (unpaired) electrons. The zero-order valence-corrected chi connectivity index (χ0v) is 13.9. The highest BCUT2D eigenvalue weighted by atomic mass is 79.9. The minimum Gasteiger partial charge on any atom is -0.324 e. The second-order valence-corrected chi connectivity index (χ2v) is 6.26. The van der Waals surface area contributed by atoms with Gasteiger partial charge in [0.2, 0.25) is 0 Å². The second-order valence-electron chi connectivity index (χ2n) is 4.49. The maximum Gasteiger partial charge on any atom is 0.0422 e. The first-order valence-electron chi connectivity index (χ1n) is 6.24. The van der Waals surface area contributed by atoms with Crippen molar-refractivity contribution in [1.29, 1.82) is 0 Å². The van der Waals surface area contributed by atoms with Gasteiger partial charge in [-0.05, 0) is 35.7 Å². The van der Waals surface area contributed by atoms with E-state index in [0.717, 1.165) is 33.0 Å². The molecule has 0 aliphatic heterocycles. The predicted octanol–water partition coefficient (Wildman–Crippen LogP) is 4.41. The van der Waals surface area contributed by atoms with Crippen molar-refractivity contribution in [2.45, 2.75) is 25.8 Å². The van der Waals surface area contributed by atoms with Gasteiger partial charge in [0.25, 0.3) is 0 Å². The maximum atomic E-state index is 6.26. The lowest BCUT2D eigenvalue weighted by Crippen LogP contribution is -2.14. The van der Waals surface area contributed by atoms with Gasteiger partial charge < -0.3 is 5.73 Å². The number of hydrogen-bond acceptors (Lipinski definition) is 2. The van der Waals surface area contributed by atoms with Crippen molar-refractivity contribution in [2.75, 3.05) is 0 Å². The fraction of sp³-hybridized carbons (Fsp3) is 0.267. The molecule has 4 heteroatoms. The second kappa shape index (κ2) is 6.64. The highest BCUT2D eigenvalue weighted by Crippen LogP contribution is 2.27. The first kappa shape index (κ1) is 14.7. The highest BCUT2D eigenvalue weighted by molar-refractivity contribution is 9.11. The number of aromatic nitrogens is 1. The van der Waals surface area contributed by atoms with Crippen LogP contribution < -0.4 is 5.73 Å². The number of aryl methyl sites for hydroxylation is 1. The molecule has 19 heavy (non-hydrogen) atoms. The highest BCUT2D eigenvalue weighted by Gasteiger charge is 2.11. The number of pyridine rings is 1. The van der Waals surface area contributed by atoms with Crippen molar-refractivity contribution < 1.29 is 0 Å². The SMILES string of the molecule is CCc1ccc(CC(N)c2ccc(Br)cc2Br)nc1. The Balaban J connectivity index is 2.13. The van der Waals surface area contributed by atoms with Gasteiger partial charge in [0.1, 0.15) is 0 Å². The molecule has 0 bridgehead atoms. The normalized spacial score (nSPS) is 12.4. The Morgan fingerprint density at radius 3 is 2.58 bits per heavy atom. The Morgan fingerprint density at radius 1 is 1.21 bits per heavy atom. The molecule has 0 amide bonds. The van der Waals surface area contributed by atoms with Crippen LogP contribution in [0.2, 0.25) is 0 Å². The molecule has 1 heterocycles. The fourth-order valence-electron chi connectivity index (χ4n) is 1.92. The average Bonchev–Trinajstić information content (AvgIpc) is 2.39. The third kappa shape index (κ3) is 3.88. The molecule has 1 aromatic heterocycles. The Labute approximate surface area is 130 Å². The van der Waals surface area contributed by atoms with Crippen molar-refractivity contribution in [3.63, 3.8) is 0 Å². The van der Waals surface area contributed by atoms with Crippen molar-refractivity contribution in [3.05, 3.63) is 62.3 Å². The molecule has 0 aliphatic rings. The van der Waals surface area contributed by atoms with E-state index in [-0.39, 0.29) is 6.04 Å². The molecule has 0 aliphatic carbocycles. The number of nitrogens with zero attached hydrogens (tertiary/aromatic N) is 1. The predicted molar refractivity (Wildman–Crippen MR) is 86.1 cm³/mol. The van der Waals surface area contributed by atoms with E-state index in [9.17, 15) is 0 Å². The summed E-state index contributed by atoms with van der Waals surface area (Å²) in [5.41, 5.74) is 9.64. The van der Waals surface area contributed by atoms with Gasteiger partial charge in [-0.3, -0.25) is 4.98 Å². The van der Waals surface area contributed by atoms with Gasteiger partial charge in [0.05, 0.1) is 0 Å². The Hall–Kier alpha value is -0.710. The summed E-state index contributed by atoms with van der Waals surface area (Å²) < 4.78 is 2.07. The lowest BCUT2D eigenvalue weighted by atomic mass is 10.0. The lowest BCUT2D eigenvalue weighted by Gasteiger charge is -2.14. The molecule has 0 fully saturated rings. The molecular weight excluding hydrogens is 368 g/mol. The van der Waals surface area contributed by atoms with Crippen LogP contribution in [0.25, 0.3) is 0 Å². The quantitative estimate of drug-likeness (QED) is 0.848. The molecule has 0 saturated carbocycles. The molecule has 2 N–H and O–H groups in total. The van der Waals surface area contributed by atoms with Gasteiger partial charge in [-0.2, -0.15) is 0 Å². The Morgan fingerprint density at radius 2 is 2.00 bits per heavy atom. The largest absolute Gasteiger partial charge is 0.324 e. The number of hydrogen-bond donors (Lipinski definition) is 1. The zero-order valence-electron chi connectivity index (χ0n) is 10.7. The van der Waals surface area contributed by atoms with E-state index in [1.807, 2.05) is 24.4 Å². The van der Waals surface area contributed by atoms with Crippen LogP contribution in [0.1, 0.15) is 29.8 Å². The maximum absolute atomic E-state index is 6.26. The van der Waals surface area contributed by atoms with E-state index < -0.39 is 0 Å². The minimum atomic E-state index is -0.0533. The van der Waals surface area contributed by atoms with Gasteiger partial charge in [-0.25, -0.2) is 0 Å². The molecule has 2 aromatic rings. The van der Waals surface area contributed by atoms with Crippen LogP contribution in [0.3, 0.4) is 0 Å². The third-order valence-corrected chi connectivity index (χ3v) is 4.27. The number of benzene rings is 1. The fourth-order valence-corrected chi connectivity index (χ4v) is 3.26. The first-order chi connectivity index (χ1) is 9.10. The standard InChI is InChI=1S/C15H16Br2N2/c1-2-10-3-5-12(19-9-10)8-15(18)13-6-4-11(16)7-14(13)17/h3-7,9,15H,2,8,18H2,1H3. The van der Waals surface area contributed by atoms with E-state index in [0.29, 0.717) is 0 Å². The Bertz CT molecular complexity index is 553. The van der Waals surface area contributed by atoms with Gasteiger partial charge in [0.15, 0.2) is 0 Å². The number of halogens is 2. The molecule has 2 rings (SSSR count). The summed E-state index contributed by atoms with van der Waals surface area (Å²) >= 11 is 7.00. The molecule has 1 atom stereocenters. The first-order valence-corrected chi connectivity index (χ1v) is 7.83. The minimum absolute atomic E-state index is 0.0533. The molecule has 1 unspecified atom stereocenters. The summed E-state index contributed by atoms with van der Waals surface area (Å²) in [6, 6.07) is 10.2. The molecule has 0 saturated heterocycles. The van der Waals surface area contributed by atoms with Crippen LogP contribution in [0.4, 0.5) is 0 Å². The smallest absolute Gasteiger partial charge is 0.0422 e. The van der Waals surface area contributed by atoms with Gasteiger partial charge in [0, 0.05) is 33.3 Å². The monoisotopic (exact) mass is 382 g/mol. The summed E-state index contributed by atoms with van der Waals surface area (Å²) in [6.45, 7) is 2.13. The Kier molecular flexibility index (Phi) is 5.13. The summed E-state index contributed by atoms with van der Waals surface area (Å²) in [5, 5.41) is 0. The molecule has 1 aromatic carbocycles. The van der Waals surface area contributed by atoms with Gasteiger partial charge in [-0.15, -0.1) is 0 Å². The van der Waals surface area contributed by atoms with Gasteiger partial charge in [-0.1, -0.05) is 50.9 Å². The van der Waals surface area contributed by atoms with Crippen molar-refractivity contribution in [2.24, 2.45) is 5.73 Å². The van der Waals surface area contributed by atoms with Crippen LogP contribution in [0.5, 0.6) is 0 Å². The molecule has 100 valence electrons. The molecular formula is C15H16Br2N2. The van der Waals surface area contributed by atoms with Crippen molar-refractivity contribution >= 4 is 31.9 Å². The summed E-state index contributed by atoms with van der Waals surface area (Å²) in [6.07, 6.45) is 3.68. The van der Waals surface area contributed by atoms with Crippen LogP contribution in [0, 0.1) is 0 Å².